The Labute approximate surface area is 248 Å². The summed E-state index contributed by atoms with van der Waals surface area (Å²) in [6, 6.07) is 18.2. The molecule has 0 aliphatic heterocycles. The SMILES string of the molecule is CS(=O)(=O)c1ccc(Nc2nc3ccc(-c4ccc(NC(=O)[C@H](N)c5ccc(F)cc5)cc4)cn3n2)c(OCC(F)(F)F)c1. The summed E-state index contributed by atoms with van der Waals surface area (Å²) in [4.78, 5) is 16.7. The van der Waals surface area contributed by atoms with E-state index in [0.29, 0.717) is 16.9 Å². The molecule has 15 heteroatoms. The van der Waals surface area contributed by atoms with Crippen LogP contribution in [0.15, 0.2) is 90.0 Å². The molecular weight excluding hydrogens is 604 g/mol. The highest BCUT2D eigenvalue weighted by molar-refractivity contribution is 7.90. The molecule has 0 fully saturated rings. The average Bonchev–Trinajstić information content (AvgIpc) is 3.37. The van der Waals surface area contributed by atoms with Crippen LogP contribution in [-0.2, 0) is 14.6 Å². The summed E-state index contributed by atoms with van der Waals surface area (Å²) in [5, 5.41) is 9.84. The highest BCUT2D eigenvalue weighted by Gasteiger charge is 2.29. The van der Waals surface area contributed by atoms with Crippen molar-refractivity contribution < 1.29 is 35.5 Å². The first kappa shape index (κ1) is 30.4. The number of benzene rings is 3. The molecule has 1 atom stereocenters. The molecule has 5 rings (SSSR count). The fourth-order valence-corrected chi connectivity index (χ4v) is 4.77. The monoisotopic (exact) mass is 628 g/mol. The summed E-state index contributed by atoms with van der Waals surface area (Å²) >= 11 is 0. The fourth-order valence-electron chi connectivity index (χ4n) is 4.13. The number of aromatic nitrogens is 3. The van der Waals surface area contributed by atoms with Crippen LogP contribution in [0.25, 0.3) is 16.8 Å². The summed E-state index contributed by atoms with van der Waals surface area (Å²) in [6.07, 6.45) is -2.03. The number of nitrogens with zero attached hydrogens (tertiary/aromatic N) is 3. The number of sulfone groups is 1. The largest absolute Gasteiger partial charge is 0.482 e. The topological polar surface area (TPSA) is 141 Å². The number of anilines is 3. The number of hydrogen-bond acceptors (Lipinski definition) is 8. The number of ether oxygens (including phenoxy) is 1. The summed E-state index contributed by atoms with van der Waals surface area (Å²) in [6.45, 7) is -1.62. The molecule has 5 aromatic rings. The highest BCUT2D eigenvalue weighted by Crippen LogP contribution is 2.32. The number of pyridine rings is 1. The van der Waals surface area contributed by atoms with Gasteiger partial charge in [-0.15, -0.1) is 5.10 Å². The zero-order valence-corrected chi connectivity index (χ0v) is 23.7. The molecule has 0 saturated carbocycles. The molecule has 44 heavy (non-hydrogen) atoms. The van der Waals surface area contributed by atoms with E-state index in [-0.39, 0.29) is 22.3 Å². The van der Waals surface area contributed by atoms with Crippen molar-refractivity contribution in [3.05, 3.63) is 96.4 Å². The predicted molar refractivity (Wildman–Crippen MR) is 155 cm³/mol. The molecule has 2 heterocycles. The molecule has 0 spiro atoms. The maximum absolute atomic E-state index is 13.2. The van der Waals surface area contributed by atoms with Gasteiger partial charge >= 0.3 is 6.18 Å². The number of alkyl halides is 3. The number of fused-ring (bicyclic) bond motifs is 1. The van der Waals surface area contributed by atoms with E-state index >= 15 is 0 Å². The van der Waals surface area contributed by atoms with Crippen LogP contribution in [0.1, 0.15) is 11.6 Å². The minimum Gasteiger partial charge on any atom is -0.482 e. The number of carbonyl (C=O) groups is 1. The van der Waals surface area contributed by atoms with Crippen molar-refractivity contribution in [2.24, 2.45) is 5.73 Å². The van der Waals surface area contributed by atoms with Gasteiger partial charge in [-0.1, -0.05) is 24.3 Å². The van der Waals surface area contributed by atoms with Gasteiger partial charge in [-0.3, -0.25) is 4.79 Å². The van der Waals surface area contributed by atoms with Crippen molar-refractivity contribution in [2.75, 3.05) is 23.5 Å². The molecule has 3 aromatic carbocycles. The molecule has 0 aliphatic carbocycles. The van der Waals surface area contributed by atoms with E-state index in [0.717, 1.165) is 23.4 Å². The summed E-state index contributed by atoms with van der Waals surface area (Å²) in [5.74, 6) is -1.21. The van der Waals surface area contributed by atoms with Gasteiger partial charge in [0, 0.05) is 29.8 Å². The maximum Gasteiger partial charge on any atom is 0.422 e. The van der Waals surface area contributed by atoms with E-state index in [1.165, 1.54) is 40.9 Å². The lowest BCUT2D eigenvalue weighted by molar-refractivity contribution is -0.153. The Morgan fingerprint density at radius 1 is 1.00 bits per heavy atom. The van der Waals surface area contributed by atoms with Crippen molar-refractivity contribution in [1.82, 2.24) is 14.6 Å². The van der Waals surface area contributed by atoms with Crippen LogP contribution in [0, 0.1) is 5.82 Å². The second-order valence-corrected chi connectivity index (χ2v) is 11.7. The number of hydrogen-bond donors (Lipinski definition) is 3. The fraction of sp³-hybridized carbons (Fsp3) is 0.138. The van der Waals surface area contributed by atoms with Crippen molar-refractivity contribution >= 4 is 38.7 Å². The van der Waals surface area contributed by atoms with Crippen LogP contribution in [-0.4, -0.2) is 48.0 Å². The third-order valence-electron chi connectivity index (χ3n) is 6.35. The lowest BCUT2D eigenvalue weighted by Crippen LogP contribution is -2.27. The summed E-state index contributed by atoms with van der Waals surface area (Å²) in [5.41, 5.74) is 8.92. The first-order valence-corrected chi connectivity index (χ1v) is 14.7. The summed E-state index contributed by atoms with van der Waals surface area (Å²) < 4.78 is 81.8. The van der Waals surface area contributed by atoms with Gasteiger partial charge in [-0.05, 0) is 59.7 Å². The van der Waals surface area contributed by atoms with Crippen LogP contribution in [0.3, 0.4) is 0 Å². The number of halogens is 4. The Morgan fingerprint density at radius 2 is 1.68 bits per heavy atom. The Morgan fingerprint density at radius 3 is 2.34 bits per heavy atom. The molecule has 0 saturated heterocycles. The molecule has 1 amide bonds. The normalized spacial score (nSPS) is 12.6. The second-order valence-electron chi connectivity index (χ2n) is 9.71. The first-order chi connectivity index (χ1) is 20.7. The number of carbonyl (C=O) groups excluding carboxylic acids is 1. The number of nitrogens with one attached hydrogen (secondary N) is 2. The van der Waals surface area contributed by atoms with E-state index in [4.69, 9.17) is 10.5 Å². The average molecular weight is 629 g/mol. The van der Waals surface area contributed by atoms with Gasteiger partial charge in [0.25, 0.3) is 0 Å². The molecule has 0 bridgehead atoms. The van der Waals surface area contributed by atoms with Crippen molar-refractivity contribution in [3.8, 4) is 16.9 Å². The highest BCUT2D eigenvalue weighted by atomic mass is 32.2. The lowest BCUT2D eigenvalue weighted by atomic mass is 10.1. The van der Waals surface area contributed by atoms with E-state index in [1.807, 2.05) is 0 Å². The van der Waals surface area contributed by atoms with Gasteiger partial charge in [-0.2, -0.15) is 18.2 Å². The van der Waals surface area contributed by atoms with E-state index in [1.54, 1.807) is 42.6 Å². The van der Waals surface area contributed by atoms with Crippen LogP contribution in [0.5, 0.6) is 5.75 Å². The minimum atomic E-state index is -4.64. The molecule has 4 N–H and O–H groups in total. The van der Waals surface area contributed by atoms with Gasteiger partial charge < -0.3 is 21.1 Å². The molecule has 2 aromatic heterocycles. The van der Waals surface area contributed by atoms with Gasteiger partial charge in [0.1, 0.15) is 17.6 Å². The van der Waals surface area contributed by atoms with E-state index in [9.17, 15) is 30.8 Å². The van der Waals surface area contributed by atoms with Crippen LogP contribution in [0.2, 0.25) is 0 Å². The third kappa shape index (κ3) is 7.30. The molecule has 0 aliphatic rings. The zero-order valence-electron chi connectivity index (χ0n) is 22.8. The molecule has 0 unspecified atom stereocenters. The van der Waals surface area contributed by atoms with Crippen LogP contribution < -0.4 is 21.1 Å². The van der Waals surface area contributed by atoms with Crippen molar-refractivity contribution in [1.29, 1.82) is 0 Å². The van der Waals surface area contributed by atoms with E-state index < -0.39 is 40.4 Å². The molecule has 228 valence electrons. The Balaban J connectivity index is 1.32. The summed E-state index contributed by atoms with van der Waals surface area (Å²) in [7, 11) is -3.71. The maximum atomic E-state index is 13.2. The Bertz CT molecular complexity index is 1930. The van der Waals surface area contributed by atoms with Crippen molar-refractivity contribution in [3.63, 3.8) is 0 Å². The Kier molecular flexibility index (Phi) is 8.25. The number of rotatable bonds is 9. The second kappa shape index (κ2) is 11.9. The third-order valence-corrected chi connectivity index (χ3v) is 7.46. The van der Waals surface area contributed by atoms with Crippen LogP contribution in [0.4, 0.5) is 34.9 Å². The zero-order chi connectivity index (χ0) is 31.6. The molecular formula is C29H24F4N6O4S. The van der Waals surface area contributed by atoms with Gasteiger partial charge in [-0.25, -0.2) is 17.3 Å². The molecule has 0 radical (unpaired) electrons. The minimum absolute atomic E-state index is 0.0293. The molecule has 10 nitrogen and oxygen atoms in total. The lowest BCUT2D eigenvalue weighted by Gasteiger charge is -2.14. The Hall–Kier alpha value is -5.02. The van der Waals surface area contributed by atoms with Crippen molar-refractivity contribution in [2.45, 2.75) is 17.1 Å². The number of nitrogens with two attached hydrogens (primary N) is 1. The first-order valence-electron chi connectivity index (χ1n) is 12.8. The van der Waals surface area contributed by atoms with Crippen LogP contribution >= 0.6 is 0 Å². The van der Waals surface area contributed by atoms with E-state index in [2.05, 4.69) is 20.7 Å². The van der Waals surface area contributed by atoms with Gasteiger partial charge in [0.05, 0.1) is 10.6 Å². The predicted octanol–water partition coefficient (Wildman–Crippen LogP) is 5.26. The standard InChI is InChI=1S/C29H24F4N6O4S/c1-44(41,42)22-11-12-23(24(14-22)43-16-29(31,32)33)36-28-37-25-13-6-19(15-39(25)38-28)17-4-9-21(10-5-17)35-27(40)26(34)18-2-7-20(30)8-3-18/h2-15,26H,16,34H2,1H3,(H,35,40)(H,36,38)/t26-/m1/s1. The number of amides is 1. The quantitative estimate of drug-likeness (QED) is 0.188. The van der Waals surface area contributed by atoms with Gasteiger partial charge in [0.15, 0.2) is 22.1 Å². The van der Waals surface area contributed by atoms with Gasteiger partial charge in [0.2, 0.25) is 11.9 Å². The smallest absolute Gasteiger partial charge is 0.422 e.